The highest BCUT2D eigenvalue weighted by molar-refractivity contribution is 5.76. The summed E-state index contributed by atoms with van der Waals surface area (Å²) in [7, 11) is 0. The number of benzene rings is 2. The Bertz CT molecular complexity index is 617. The SMILES string of the molecule is N#CCN(Cc1ccccc1)C(=O)CCCc1ccccc1. The van der Waals surface area contributed by atoms with E-state index in [1.165, 1.54) is 5.56 Å². The monoisotopic (exact) mass is 292 g/mol. The third kappa shape index (κ3) is 5.06. The Kier molecular flexibility index (Phi) is 6.19. The van der Waals surface area contributed by atoms with E-state index in [9.17, 15) is 4.79 Å². The van der Waals surface area contributed by atoms with Crippen LogP contribution in [-0.4, -0.2) is 17.4 Å². The average molecular weight is 292 g/mol. The van der Waals surface area contributed by atoms with Gasteiger partial charge in [0.25, 0.3) is 0 Å². The summed E-state index contributed by atoms with van der Waals surface area (Å²) in [6.07, 6.45) is 2.17. The maximum atomic E-state index is 12.3. The first-order valence-electron chi connectivity index (χ1n) is 7.52. The van der Waals surface area contributed by atoms with Crippen molar-refractivity contribution in [3.05, 3.63) is 71.8 Å². The van der Waals surface area contributed by atoms with E-state index in [0.717, 1.165) is 18.4 Å². The van der Waals surface area contributed by atoms with Crippen molar-refractivity contribution in [3.63, 3.8) is 0 Å². The zero-order chi connectivity index (χ0) is 15.6. The van der Waals surface area contributed by atoms with Crippen LogP contribution >= 0.6 is 0 Å². The predicted molar refractivity (Wildman–Crippen MR) is 86.9 cm³/mol. The lowest BCUT2D eigenvalue weighted by molar-refractivity contribution is -0.131. The quantitative estimate of drug-likeness (QED) is 0.732. The number of nitrogens with zero attached hydrogens (tertiary/aromatic N) is 2. The molecule has 2 aromatic rings. The minimum atomic E-state index is 0.0429. The molecule has 22 heavy (non-hydrogen) atoms. The molecule has 0 saturated carbocycles. The molecular weight excluding hydrogens is 272 g/mol. The number of aryl methyl sites for hydroxylation is 1. The minimum Gasteiger partial charge on any atom is -0.325 e. The van der Waals surface area contributed by atoms with Crippen molar-refractivity contribution in [2.75, 3.05) is 6.54 Å². The molecule has 0 heterocycles. The molecule has 0 aliphatic carbocycles. The maximum absolute atomic E-state index is 12.3. The Morgan fingerprint density at radius 3 is 2.14 bits per heavy atom. The third-order valence-electron chi connectivity index (χ3n) is 3.53. The van der Waals surface area contributed by atoms with E-state index in [1.54, 1.807) is 4.90 Å². The molecule has 2 aromatic carbocycles. The topological polar surface area (TPSA) is 44.1 Å². The number of hydrogen-bond donors (Lipinski definition) is 0. The molecule has 0 spiro atoms. The molecule has 3 nitrogen and oxygen atoms in total. The van der Waals surface area contributed by atoms with Gasteiger partial charge in [-0.1, -0.05) is 60.7 Å². The molecule has 0 aromatic heterocycles. The molecule has 3 heteroatoms. The van der Waals surface area contributed by atoms with Gasteiger partial charge < -0.3 is 4.90 Å². The van der Waals surface area contributed by atoms with Gasteiger partial charge in [0.15, 0.2) is 0 Å². The summed E-state index contributed by atoms with van der Waals surface area (Å²) in [5, 5.41) is 8.92. The number of carbonyl (C=O) groups excluding carboxylic acids is 1. The summed E-state index contributed by atoms with van der Waals surface area (Å²) in [5.41, 5.74) is 2.29. The van der Waals surface area contributed by atoms with Crippen molar-refractivity contribution in [1.82, 2.24) is 4.90 Å². The first-order valence-corrected chi connectivity index (χ1v) is 7.52. The summed E-state index contributed by atoms with van der Waals surface area (Å²) < 4.78 is 0. The number of carbonyl (C=O) groups is 1. The third-order valence-corrected chi connectivity index (χ3v) is 3.53. The Hall–Kier alpha value is -2.60. The highest BCUT2D eigenvalue weighted by atomic mass is 16.2. The summed E-state index contributed by atoms with van der Waals surface area (Å²) >= 11 is 0. The van der Waals surface area contributed by atoms with Crippen LogP contribution in [-0.2, 0) is 17.8 Å². The molecule has 1 amide bonds. The van der Waals surface area contributed by atoms with Crippen LogP contribution in [0.4, 0.5) is 0 Å². The largest absolute Gasteiger partial charge is 0.325 e. The molecule has 0 bridgehead atoms. The zero-order valence-corrected chi connectivity index (χ0v) is 12.6. The maximum Gasteiger partial charge on any atom is 0.223 e. The molecule has 0 unspecified atom stereocenters. The second-order valence-electron chi connectivity index (χ2n) is 5.23. The van der Waals surface area contributed by atoms with Gasteiger partial charge in [-0.25, -0.2) is 0 Å². The fourth-order valence-corrected chi connectivity index (χ4v) is 2.37. The van der Waals surface area contributed by atoms with Crippen molar-refractivity contribution in [1.29, 1.82) is 5.26 Å². The number of rotatable bonds is 7. The number of amides is 1. The zero-order valence-electron chi connectivity index (χ0n) is 12.6. The minimum absolute atomic E-state index is 0.0429. The average Bonchev–Trinajstić information content (AvgIpc) is 2.56. The molecule has 0 aliphatic heterocycles. The van der Waals surface area contributed by atoms with Crippen molar-refractivity contribution >= 4 is 5.91 Å². The van der Waals surface area contributed by atoms with Gasteiger partial charge in [-0.3, -0.25) is 4.79 Å². The Labute approximate surface area is 131 Å². The first kappa shape index (κ1) is 15.8. The highest BCUT2D eigenvalue weighted by Gasteiger charge is 2.13. The van der Waals surface area contributed by atoms with E-state index in [-0.39, 0.29) is 12.5 Å². The van der Waals surface area contributed by atoms with E-state index in [0.29, 0.717) is 13.0 Å². The van der Waals surface area contributed by atoms with Gasteiger partial charge in [-0.05, 0) is 24.0 Å². The van der Waals surface area contributed by atoms with Crippen LogP contribution in [0.25, 0.3) is 0 Å². The predicted octanol–water partition coefficient (Wildman–Crippen LogP) is 3.56. The van der Waals surface area contributed by atoms with Crippen LogP contribution in [0, 0.1) is 11.3 Å². The van der Waals surface area contributed by atoms with Crippen LogP contribution in [0.5, 0.6) is 0 Å². The lowest BCUT2D eigenvalue weighted by Crippen LogP contribution is -2.30. The van der Waals surface area contributed by atoms with Crippen LogP contribution in [0.1, 0.15) is 24.0 Å². The Morgan fingerprint density at radius 2 is 1.55 bits per heavy atom. The lowest BCUT2D eigenvalue weighted by atomic mass is 10.1. The van der Waals surface area contributed by atoms with Crippen LogP contribution in [0.3, 0.4) is 0 Å². The van der Waals surface area contributed by atoms with Crippen LogP contribution in [0.2, 0.25) is 0 Å². The molecule has 0 radical (unpaired) electrons. The lowest BCUT2D eigenvalue weighted by Gasteiger charge is -2.19. The van der Waals surface area contributed by atoms with E-state index in [1.807, 2.05) is 48.5 Å². The molecule has 0 aliphatic rings. The van der Waals surface area contributed by atoms with Crippen molar-refractivity contribution in [2.45, 2.75) is 25.8 Å². The number of hydrogen-bond acceptors (Lipinski definition) is 2. The summed E-state index contributed by atoms with van der Waals surface area (Å²) in [5.74, 6) is 0.0429. The van der Waals surface area contributed by atoms with Crippen molar-refractivity contribution in [2.24, 2.45) is 0 Å². The fraction of sp³-hybridized carbons (Fsp3) is 0.263. The molecule has 0 N–H and O–H groups in total. The molecule has 0 atom stereocenters. The number of nitriles is 1. The molecule has 0 saturated heterocycles. The molecular formula is C19H20N2O. The molecule has 0 fully saturated rings. The normalized spacial score (nSPS) is 9.95. The summed E-state index contributed by atoms with van der Waals surface area (Å²) in [6.45, 7) is 0.637. The van der Waals surface area contributed by atoms with E-state index >= 15 is 0 Å². The van der Waals surface area contributed by atoms with Crippen LogP contribution < -0.4 is 0 Å². The second-order valence-corrected chi connectivity index (χ2v) is 5.23. The van der Waals surface area contributed by atoms with Gasteiger partial charge in [-0.2, -0.15) is 5.26 Å². The highest BCUT2D eigenvalue weighted by Crippen LogP contribution is 2.09. The smallest absolute Gasteiger partial charge is 0.223 e. The summed E-state index contributed by atoms with van der Waals surface area (Å²) in [6, 6.07) is 22.0. The van der Waals surface area contributed by atoms with Gasteiger partial charge in [0.05, 0.1) is 6.07 Å². The van der Waals surface area contributed by atoms with Gasteiger partial charge >= 0.3 is 0 Å². The second kappa shape index (κ2) is 8.63. The van der Waals surface area contributed by atoms with E-state index in [2.05, 4.69) is 18.2 Å². The van der Waals surface area contributed by atoms with E-state index in [4.69, 9.17) is 5.26 Å². The van der Waals surface area contributed by atoms with Crippen molar-refractivity contribution < 1.29 is 4.79 Å². The Balaban J connectivity index is 1.85. The molecule has 2 rings (SSSR count). The van der Waals surface area contributed by atoms with Gasteiger partial charge in [0, 0.05) is 13.0 Å². The summed E-state index contributed by atoms with van der Waals surface area (Å²) in [4.78, 5) is 13.9. The van der Waals surface area contributed by atoms with Crippen molar-refractivity contribution in [3.8, 4) is 6.07 Å². The standard InChI is InChI=1S/C19H20N2O/c20-14-15-21(16-18-10-5-2-6-11-18)19(22)13-7-12-17-8-3-1-4-9-17/h1-6,8-11H,7,12-13,15-16H2. The van der Waals surface area contributed by atoms with Gasteiger partial charge in [0.2, 0.25) is 5.91 Å². The first-order chi connectivity index (χ1) is 10.8. The Morgan fingerprint density at radius 1 is 0.955 bits per heavy atom. The van der Waals surface area contributed by atoms with Gasteiger partial charge in [0.1, 0.15) is 6.54 Å². The van der Waals surface area contributed by atoms with Gasteiger partial charge in [-0.15, -0.1) is 0 Å². The van der Waals surface area contributed by atoms with E-state index < -0.39 is 0 Å². The molecule has 112 valence electrons. The fourth-order valence-electron chi connectivity index (χ4n) is 2.37. The van der Waals surface area contributed by atoms with Crippen LogP contribution in [0.15, 0.2) is 60.7 Å².